The van der Waals surface area contributed by atoms with Crippen LogP contribution in [-0.2, 0) is 11.3 Å². The van der Waals surface area contributed by atoms with Gasteiger partial charge in [0, 0.05) is 18.8 Å². The number of carbonyl (C=O) groups is 1. The van der Waals surface area contributed by atoms with Crippen molar-refractivity contribution in [3.8, 4) is 5.75 Å². The summed E-state index contributed by atoms with van der Waals surface area (Å²) in [5.41, 5.74) is 4.03. The molecule has 2 aliphatic heterocycles. The van der Waals surface area contributed by atoms with Gasteiger partial charge in [-0.1, -0.05) is 30.3 Å². The Balaban J connectivity index is 1.68. The number of hydrogen-bond acceptors (Lipinski definition) is 5. The number of fused-ring (bicyclic) bond motifs is 2. The van der Waals surface area contributed by atoms with E-state index >= 15 is 0 Å². The highest BCUT2D eigenvalue weighted by Gasteiger charge is 2.36. The molecule has 7 heteroatoms. The second kappa shape index (κ2) is 6.01. The SMILES string of the molecule is O=C1c2c(OCc3ccccc3)c(=O)ccn2N[C@H]2COCCN12. The van der Waals surface area contributed by atoms with Gasteiger partial charge in [-0.15, -0.1) is 0 Å². The van der Waals surface area contributed by atoms with E-state index in [1.165, 1.54) is 6.07 Å². The van der Waals surface area contributed by atoms with Crippen molar-refractivity contribution in [2.75, 3.05) is 25.2 Å². The maximum atomic E-state index is 12.8. The van der Waals surface area contributed by atoms with Crippen molar-refractivity contribution >= 4 is 5.91 Å². The third kappa shape index (κ3) is 2.52. The van der Waals surface area contributed by atoms with Crippen molar-refractivity contribution in [3.63, 3.8) is 0 Å². The van der Waals surface area contributed by atoms with Crippen LogP contribution in [-0.4, -0.2) is 41.4 Å². The van der Waals surface area contributed by atoms with Gasteiger partial charge in [-0.3, -0.25) is 14.3 Å². The Morgan fingerprint density at radius 2 is 2.04 bits per heavy atom. The molecule has 1 aromatic carbocycles. The number of pyridine rings is 1. The molecule has 2 aromatic rings. The van der Waals surface area contributed by atoms with Gasteiger partial charge in [0.25, 0.3) is 5.91 Å². The van der Waals surface area contributed by atoms with Gasteiger partial charge in [0.2, 0.25) is 5.43 Å². The van der Waals surface area contributed by atoms with Gasteiger partial charge in [0.15, 0.2) is 11.4 Å². The van der Waals surface area contributed by atoms with E-state index in [1.807, 2.05) is 30.3 Å². The quantitative estimate of drug-likeness (QED) is 0.902. The summed E-state index contributed by atoms with van der Waals surface area (Å²) in [6, 6.07) is 10.9. The second-order valence-corrected chi connectivity index (χ2v) is 5.72. The molecule has 124 valence electrons. The zero-order valence-electron chi connectivity index (χ0n) is 13.0. The first-order chi connectivity index (χ1) is 11.7. The Morgan fingerprint density at radius 3 is 2.88 bits per heavy atom. The van der Waals surface area contributed by atoms with Crippen molar-refractivity contribution in [3.05, 3.63) is 64.1 Å². The first-order valence-corrected chi connectivity index (χ1v) is 7.82. The molecule has 1 amide bonds. The maximum Gasteiger partial charge on any atom is 0.278 e. The van der Waals surface area contributed by atoms with Gasteiger partial charge < -0.3 is 19.8 Å². The van der Waals surface area contributed by atoms with E-state index in [1.54, 1.807) is 15.8 Å². The zero-order valence-corrected chi connectivity index (χ0v) is 13.0. The molecule has 4 rings (SSSR count). The fraction of sp³-hybridized carbons (Fsp3) is 0.294. The molecule has 2 aliphatic rings. The lowest BCUT2D eigenvalue weighted by Gasteiger charge is -2.41. The Kier molecular flexibility index (Phi) is 3.70. The van der Waals surface area contributed by atoms with Crippen molar-refractivity contribution < 1.29 is 14.3 Å². The lowest BCUT2D eigenvalue weighted by atomic mass is 10.2. The minimum Gasteiger partial charge on any atom is -0.482 e. The molecule has 3 heterocycles. The number of rotatable bonds is 3. The van der Waals surface area contributed by atoms with Gasteiger partial charge in [0.05, 0.1) is 13.2 Å². The van der Waals surface area contributed by atoms with Crippen molar-refractivity contribution in [2.24, 2.45) is 0 Å². The molecule has 0 radical (unpaired) electrons. The fourth-order valence-corrected chi connectivity index (χ4v) is 2.95. The van der Waals surface area contributed by atoms with E-state index < -0.39 is 0 Å². The fourth-order valence-electron chi connectivity index (χ4n) is 2.95. The first-order valence-electron chi connectivity index (χ1n) is 7.82. The van der Waals surface area contributed by atoms with Gasteiger partial charge in [-0.25, -0.2) is 0 Å². The van der Waals surface area contributed by atoms with Crippen LogP contribution in [0.25, 0.3) is 0 Å². The summed E-state index contributed by atoms with van der Waals surface area (Å²) in [4.78, 5) is 26.8. The molecular formula is C17H17N3O4. The number of morpholine rings is 1. The number of hydrogen-bond donors (Lipinski definition) is 1. The molecule has 1 fully saturated rings. The molecular weight excluding hydrogens is 310 g/mol. The molecule has 0 saturated carbocycles. The predicted molar refractivity (Wildman–Crippen MR) is 86.5 cm³/mol. The summed E-state index contributed by atoms with van der Waals surface area (Å²) < 4.78 is 12.7. The van der Waals surface area contributed by atoms with Gasteiger partial charge >= 0.3 is 0 Å². The van der Waals surface area contributed by atoms with Crippen molar-refractivity contribution in [2.45, 2.75) is 12.8 Å². The Bertz CT molecular complexity index is 818. The standard InChI is InChI=1S/C17H17N3O4/c21-13-6-7-20-15(16(13)24-10-12-4-2-1-3-5-12)17(22)19-8-9-23-11-14(19)18-20/h1-7,14,18H,8-11H2/t14-/m1/s1. The molecule has 1 N–H and O–H groups in total. The molecule has 0 spiro atoms. The van der Waals surface area contributed by atoms with Crippen LogP contribution in [0.1, 0.15) is 16.1 Å². The van der Waals surface area contributed by atoms with E-state index in [-0.39, 0.29) is 35.6 Å². The number of nitrogens with zero attached hydrogens (tertiary/aromatic N) is 2. The van der Waals surface area contributed by atoms with Crippen LogP contribution < -0.4 is 15.6 Å². The van der Waals surface area contributed by atoms with E-state index in [0.717, 1.165) is 5.56 Å². The van der Waals surface area contributed by atoms with Gasteiger partial charge in [-0.2, -0.15) is 0 Å². The first kappa shape index (κ1) is 14.8. The summed E-state index contributed by atoms with van der Waals surface area (Å²) in [5.74, 6) is -0.147. The van der Waals surface area contributed by atoms with Crippen LogP contribution in [0.2, 0.25) is 0 Å². The monoisotopic (exact) mass is 327 g/mol. The van der Waals surface area contributed by atoms with E-state index in [4.69, 9.17) is 9.47 Å². The van der Waals surface area contributed by atoms with E-state index in [2.05, 4.69) is 5.43 Å². The third-order valence-electron chi connectivity index (χ3n) is 4.16. The predicted octanol–water partition coefficient (Wildman–Crippen LogP) is 0.783. The van der Waals surface area contributed by atoms with Crippen LogP contribution in [0.3, 0.4) is 0 Å². The molecule has 0 unspecified atom stereocenters. The maximum absolute atomic E-state index is 12.8. The number of amides is 1. The average molecular weight is 327 g/mol. The highest BCUT2D eigenvalue weighted by atomic mass is 16.5. The Hall–Kier alpha value is -2.80. The minimum absolute atomic E-state index is 0.0730. The second-order valence-electron chi connectivity index (χ2n) is 5.72. The highest BCUT2D eigenvalue weighted by Crippen LogP contribution is 2.23. The van der Waals surface area contributed by atoms with E-state index in [9.17, 15) is 9.59 Å². The smallest absolute Gasteiger partial charge is 0.278 e. The average Bonchev–Trinajstić information content (AvgIpc) is 2.62. The summed E-state index contributed by atoms with van der Waals surface area (Å²) in [5, 5.41) is 0. The molecule has 1 atom stereocenters. The largest absolute Gasteiger partial charge is 0.482 e. The minimum atomic E-state index is -0.306. The van der Waals surface area contributed by atoms with E-state index in [0.29, 0.717) is 19.8 Å². The molecule has 0 bridgehead atoms. The highest BCUT2D eigenvalue weighted by molar-refractivity contribution is 5.96. The van der Waals surface area contributed by atoms with Crippen molar-refractivity contribution in [1.29, 1.82) is 0 Å². The number of ether oxygens (including phenoxy) is 2. The normalized spacial score (nSPS) is 19.2. The van der Waals surface area contributed by atoms with Gasteiger partial charge in [-0.05, 0) is 5.56 Å². The molecule has 24 heavy (non-hydrogen) atoms. The lowest BCUT2D eigenvalue weighted by Crippen LogP contribution is -2.59. The van der Waals surface area contributed by atoms with Crippen LogP contribution >= 0.6 is 0 Å². The molecule has 1 saturated heterocycles. The Morgan fingerprint density at radius 1 is 1.21 bits per heavy atom. The summed E-state index contributed by atoms with van der Waals surface area (Å²) >= 11 is 0. The topological polar surface area (TPSA) is 72.8 Å². The van der Waals surface area contributed by atoms with Crippen LogP contribution in [0, 0.1) is 0 Å². The summed E-state index contributed by atoms with van der Waals surface area (Å²) in [6.07, 6.45) is 1.32. The molecule has 7 nitrogen and oxygen atoms in total. The van der Waals surface area contributed by atoms with Gasteiger partial charge in [0.1, 0.15) is 12.8 Å². The van der Waals surface area contributed by atoms with Crippen LogP contribution in [0.15, 0.2) is 47.4 Å². The molecule has 1 aromatic heterocycles. The van der Waals surface area contributed by atoms with Crippen LogP contribution in [0.4, 0.5) is 0 Å². The van der Waals surface area contributed by atoms with Crippen molar-refractivity contribution in [1.82, 2.24) is 9.58 Å². The van der Waals surface area contributed by atoms with Crippen LogP contribution in [0.5, 0.6) is 5.75 Å². The summed E-state index contributed by atoms with van der Waals surface area (Å²) in [7, 11) is 0. The third-order valence-corrected chi connectivity index (χ3v) is 4.16. The summed E-state index contributed by atoms with van der Waals surface area (Å²) in [6.45, 7) is 1.61. The number of carbonyl (C=O) groups excluding carboxylic acids is 1. The molecule has 0 aliphatic carbocycles. The Labute approximate surface area is 138 Å². The zero-order chi connectivity index (χ0) is 16.5. The lowest BCUT2D eigenvalue weighted by molar-refractivity contribution is -0.00326. The number of nitrogens with one attached hydrogen (secondary N) is 1. The number of aromatic nitrogens is 1. The number of benzene rings is 1.